The predicted molar refractivity (Wildman–Crippen MR) is 91.8 cm³/mol. The van der Waals surface area contributed by atoms with Crippen molar-refractivity contribution in [2.75, 3.05) is 18.8 Å². The Hall–Kier alpha value is -1.11. The number of nitrogens with one attached hydrogen (secondary N) is 2. The molecule has 1 amide bonds. The fourth-order valence-electron chi connectivity index (χ4n) is 3.16. The van der Waals surface area contributed by atoms with E-state index in [0.29, 0.717) is 4.90 Å². The summed E-state index contributed by atoms with van der Waals surface area (Å²) in [6, 6.07) is 5.52. The molecule has 0 spiro atoms. The van der Waals surface area contributed by atoms with Gasteiger partial charge in [0.15, 0.2) is 9.84 Å². The molecular formula is C16H23ClN2O3S. The van der Waals surface area contributed by atoms with E-state index in [2.05, 4.69) is 10.6 Å². The highest BCUT2D eigenvalue weighted by molar-refractivity contribution is 7.91. The van der Waals surface area contributed by atoms with E-state index < -0.39 is 9.84 Å². The van der Waals surface area contributed by atoms with Gasteiger partial charge in [0.25, 0.3) is 0 Å². The second kappa shape index (κ2) is 7.64. The molecule has 1 aliphatic heterocycles. The van der Waals surface area contributed by atoms with Gasteiger partial charge in [-0.15, -0.1) is 12.4 Å². The Balaban J connectivity index is 0.00000192. The first-order chi connectivity index (χ1) is 10.5. The van der Waals surface area contributed by atoms with E-state index >= 15 is 0 Å². The van der Waals surface area contributed by atoms with Gasteiger partial charge in [-0.3, -0.25) is 4.79 Å². The Labute approximate surface area is 143 Å². The lowest BCUT2D eigenvalue weighted by Crippen LogP contribution is -2.36. The van der Waals surface area contributed by atoms with Crippen molar-refractivity contribution < 1.29 is 13.2 Å². The fourth-order valence-corrected chi connectivity index (χ4v) is 4.45. The molecular weight excluding hydrogens is 336 g/mol. The summed E-state index contributed by atoms with van der Waals surface area (Å²) in [5.41, 5.74) is 2.40. The van der Waals surface area contributed by atoms with Crippen LogP contribution in [0.5, 0.6) is 0 Å². The standard InChI is InChI=1S/C16H22N2O3S.ClH/c19-16(18-14-6-8-17-11-14)7-9-22(20,21)15-5-4-12-2-1-3-13(12)10-15;/h4-5,10,14,17H,1-3,6-9,11H2,(H,18,19);1H. The molecule has 23 heavy (non-hydrogen) atoms. The number of halogens is 1. The maximum atomic E-state index is 12.4. The number of aryl methyl sites for hydroxylation is 2. The molecule has 0 aromatic heterocycles. The zero-order chi connectivity index (χ0) is 15.6. The van der Waals surface area contributed by atoms with Gasteiger partial charge in [-0.2, -0.15) is 0 Å². The molecule has 1 fully saturated rings. The molecule has 1 unspecified atom stereocenters. The van der Waals surface area contributed by atoms with E-state index in [0.717, 1.165) is 44.3 Å². The fraction of sp³-hybridized carbons (Fsp3) is 0.562. The number of benzene rings is 1. The zero-order valence-corrected chi connectivity index (χ0v) is 14.6. The highest BCUT2D eigenvalue weighted by atomic mass is 35.5. The molecule has 1 aliphatic carbocycles. The molecule has 1 heterocycles. The molecule has 1 atom stereocenters. The normalized spacial score (nSPS) is 19.9. The molecule has 3 rings (SSSR count). The van der Waals surface area contributed by atoms with Crippen LogP contribution in [0.3, 0.4) is 0 Å². The van der Waals surface area contributed by atoms with Crippen LogP contribution in [-0.4, -0.2) is 39.2 Å². The molecule has 0 bridgehead atoms. The number of hydrogen-bond acceptors (Lipinski definition) is 4. The van der Waals surface area contributed by atoms with Crippen molar-refractivity contribution in [2.24, 2.45) is 0 Å². The second-order valence-electron chi connectivity index (χ2n) is 6.11. The summed E-state index contributed by atoms with van der Waals surface area (Å²) in [4.78, 5) is 12.2. The Bertz CT molecular complexity index is 670. The van der Waals surface area contributed by atoms with Crippen LogP contribution < -0.4 is 10.6 Å². The van der Waals surface area contributed by atoms with Gasteiger partial charge in [-0.25, -0.2) is 8.42 Å². The lowest BCUT2D eigenvalue weighted by molar-refractivity contribution is -0.121. The molecule has 2 N–H and O–H groups in total. The summed E-state index contributed by atoms with van der Waals surface area (Å²) in [6.07, 6.45) is 4.01. The van der Waals surface area contributed by atoms with Crippen LogP contribution >= 0.6 is 12.4 Å². The van der Waals surface area contributed by atoms with Crippen LogP contribution in [0.4, 0.5) is 0 Å². The molecule has 1 aromatic carbocycles. The highest BCUT2D eigenvalue weighted by Crippen LogP contribution is 2.25. The average molecular weight is 359 g/mol. The molecule has 1 saturated heterocycles. The molecule has 128 valence electrons. The Morgan fingerprint density at radius 3 is 2.78 bits per heavy atom. The maximum absolute atomic E-state index is 12.4. The van der Waals surface area contributed by atoms with Crippen LogP contribution in [0.15, 0.2) is 23.1 Å². The average Bonchev–Trinajstić information content (AvgIpc) is 3.15. The van der Waals surface area contributed by atoms with Gasteiger partial charge >= 0.3 is 0 Å². The van der Waals surface area contributed by atoms with Gasteiger partial charge in [-0.1, -0.05) is 6.07 Å². The lowest BCUT2D eigenvalue weighted by Gasteiger charge is -2.11. The summed E-state index contributed by atoms with van der Waals surface area (Å²) in [5.74, 6) is -0.309. The minimum atomic E-state index is -3.39. The smallest absolute Gasteiger partial charge is 0.221 e. The van der Waals surface area contributed by atoms with Crippen LogP contribution in [0.1, 0.15) is 30.4 Å². The molecule has 0 saturated carbocycles. The van der Waals surface area contributed by atoms with Crippen molar-refractivity contribution >= 4 is 28.2 Å². The number of sulfone groups is 1. The van der Waals surface area contributed by atoms with E-state index in [1.54, 1.807) is 12.1 Å². The van der Waals surface area contributed by atoms with E-state index in [1.165, 1.54) is 5.56 Å². The first-order valence-electron chi connectivity index (χ1n) is 7.89. The van der Waals surface area contributed by atoms with E-state index in [9.17, 15) is 13.2 Å². The third-order valence-corrected chi connectivity index (χ3v) is 6.17. The molecule has 5 nitrogen and oxygen atoms in total. The summed E-state index contributed by atoms with van der Waals surface area (Å²) in [6.45, 7) is 1.67. The van der Waals surface area contributed by atoms with Crippen molar-refractivity contribution in [2.45, 2.75) is 43.0 Å². The number of hydrogen-bond donors (Lipinski definition) is 2. The highest BCUT2D eigenvalue weighted by Gasteiger charge is 2.21. The molecule has 0 radical (unpaired) electrons. The lowest BCUT2D eigenvalue weighted by atomic mass is 10.1. The second-order valence-corrected chi connectivity index (χ2v) is 8.22. The van der Waals surface area contributed by atoms with Gasteiger partial charge in [0, 0.05) is 19.0 Å². The van der Waals surface area contributed by atoms with Crippen LogP contribution in [-0.2, 0) is 27.5 Å². The number of fused-ring (bicyclic) bond motifs is 1. The maximum Gasteiger partial charge on any atom is 0.221 e. The van der Waals surface area contributed by atoms with Crippen molar-refractivity contribution in [3.05, 3.63) is 29.3 Å². The first kappa shape index (κ1) is 18.2. The Morgan fingerprint density at radius 1 is 1.26 bits per heavy atom. The van der Waals surface area contributed by atoms with Gasteiger partial charge in [0.1, 0.15) is 0 Å². The SMILES string of the molecule is Cl.O=C(CCS(=O)(=O)c1ccc2c(c1)CCC2)NC1CCNC1. The van der Waals surface area contributed by atoms with Crippen LogP contribution in [0.25, 0.3) is 0 Å². The molecule has 7 heteroatoms. The topological polar surface area (TPSA) is 75.3 Å². The van der Waals surface area contributed by atoms with Gasteiger partial charge < -0.3 is 10.6 Å². The van der Waals surface area contributed by atoms with E-state index in [4.69, 9.17) is 0 Å². The van der Waals surface area contributed by atoms with Crippen molar-refractivity contribution in [3.63, 3.8) is 0 Å². The van der Waals surface area contributed by atoms with E-state index in [1.807, 2.05) is 6.07 Å². The third-order valence-electron chi connectivity index (χ3n) is 4.45. The van der Waals surface area contributed by atoms with Gasteiger partial charge in [0.2, 0.25) is 5.91 Å². The van der Waals surface area contributed by atoms with Gasteiger partial charge in [0.05, 0.1) is 10.6 Å². The quantitative estimate of drug-likeness (QED) is 0.830. The van der Waals surface area contributed by atoms with Crippen molar-refractivity contribution in [3.8, 4) is 0 Å². The summed E-state index contributed by atoms with van der Waals surface area (Å²) >= 11 is 0. The van der Waals surface area contributed by atoms with Crippen molar-refractivity contribution in [1.82, 2.24) is 10.6 Å². The minimum Gasteiger partial charge on any atom is -0.352 e. The third kappa shape index (κ3) is 4.46. The first-order valence-corrected chi connectivity index (χ1v) is 9.54. The number of carbonyl (C=O) groups is 1. The minimum absolute atomic E-state index is 0. The molecule has 2 aliphatic rings. The zero-order valence-electron chi connectivity index (χ0n) is 13.0. The Kier molecular flexibility index (Phi) is 6.06. The summed E-state index contributed by atoms with van der Waals surface area (Å²) in [5, 5.41) is 6.05. The largest absolute Gasteiger partial charge is 0.352 e. The number of rotatable bonds is 5. The monoisotopic (exact) mass is 358 g/mol. The summed E-state index contributed by atoms with van der Waals surface area (Å²) in [7, 11) is -3.39. The summed E-state index contributed by atoms with van der Waals surface area (Å²) < 4.78 is 24.8. The van der Waals surface area contributed by atoms with Crippen LogP contribution in [0.2, 0.25) is 0 Å². The van der Waals surface area contributed by atoms with Crippen molar-refractivity contribution in [1.29, 1.82) is 0 Å². The molecule has 1 aromatic rings. The number of amides is 1. The Morgan fingerprint density at radius 2 is 2.04 bits per heavy atom. The van der Waals surface area contributed by atoms with E-state index in [-0.39, 0.29) is 36.5 Å². The number of carbonyl (C=O) groups excluding carboxylic acids is 1. The van der Waals surface area contributed by atoms with Crippen LogP contribution in [0, 0.1) is 0 Å². The van der Waals surface area contributed by atoms with Gasteiger partial charge in [-0.05, 0) is 55.5 Å². The predicted octanol–water partition coefficient (Wildman–Crippen LogP) is 1.24.